The molecule has 0 spiro atoms. The Labute approximate surface area is 116 Å². The highest BCUT2D eigenvalue weighted by Crippen LogP contribution is 2.28. The second kappa shape index (κ2) is 4.42. The van der Waals surface area contributed by atoms with Crippen molar-refractivity contribution in [2.45, 2.75) is 0 Å². The number of aromatic nitrogens is 2. The third kappa shape index (κ3) is 1.89. The molecule has 0 fully saturated rings. The Kier molecular flexibility index (Phi) is 2.83. The molecule has 1 heterocycles. The highest BCUT2D eigenvalue weighted by Gasteiger charge is 2.17. The number of hydrogen-bond donors (Lipinski definition) is 1. The molecule has 0 amide bonds. The van der Waals surface area contributed by atoms with Gasteiger partial charge in [0.25, 0.3) is 0 Å². The van der Waals surface area contributed by atoms with Crippen molar-refractivity contribution in [3.8, 4) is 5.69 Å². The van der Waals surface area contributed by atoms with Gasteiger partial charge in [0.2, 0.25) is 5.95 Å². The summed E-state index contributed by atoms with van der Waals surface area (Å²) in [4.78, 5) is 3.79. The summed E-state index contributed by atoms with van der Waals surface area (Å²) in [5.74, 6) is -2.47. The standard InChI is InChI=1S/C13H7ClF3N3/c14-6-1-2-8(16)10(3-6)20-11-5-7(15)4-9(17)12(11)19-13(20)18/h1-5H,(H2,18,19). The van der Waals surface area contributed by atoms with E-state index in [1.54, 1.807) is 0 Å². The maximum absolute atomic E-state index is 13.9. The average Bonchev–Trinajstić information content (AvgIpc) is 2.69. The predicted molar refractivity (Wildman–Crippen MR) is 70.4 cm³/mol. The van der Waals surface area contributed by atoms with Crippen molar-refractivity contribution >= 4 is 28.6 Å². The second-order valence-electron chi connectivity index (χ2n) is 4.16. The van der Waals surface area contributed by atoms with E-state index >= 15 is 0 Å². The van der Waals surface area contributed by atoms with E-state index in [9.17, 15) is 13.2 Å². The molecule has 3 aromatic rings. The van der Waals surface area contributed by atoms with Gasteiger partial charge in [0.05, 0.1) is 11.2 Å². The fraction of sp³-hybridized carbons (Fsp3) is 0. The van der Waals surface area contributed by atoms with Crippen LogP contribution in [0.3, 0.4) is 0 Å². The first kappa shape index (κ1) is 12.8. The van der Waals surface area contributed by atoms with Crippen LogP contribution in [0.1, 0.15) is 0 Å². The number of fused-ring (bicyclic) bond motifs is 1. The molecule has 2 aromatic carbocycles. The smallest absolute Gasteiger partial charge is 0.206 e. The quantitative estimate of drug-likeness (QED) is 0.744. The molecule has 0 aliphatic carbocycles. The SMILES string of the molecule is Nc1nc2c(F)cc(F)cc2n1-c1cc(Cl)ccc1F. The molecule has 0 radical (unpaired) electrons. The van der Waals surface area contributed by atoms with Gasteiger partial charge in [0, 0.05) is 17.2 Å². The van der Waals surface area contributed by atoms with Crippen molar-refractivity contribution < 1.29 is 13.2 Å². The number of nitrogens with two attached hydrogens (primary N) is 1. The molecule has 3 rings (SSSR count). The molecule has 0 aliphatic heterocycles. The molecule has 1 aromatic heterocycles. The van der Waals surface area contributed by atoms with Gasteiger partial charge in [-0.2, -0.15) is 0 Å². The van der Waals surface area contributed by atoms with Gasteiger partial charge in [-0.05, 0) is 18.2 Å². The number of anilines is 1. The fourth-order valence-corrected chi connectivity index (χ4v) is 2.20. The summed E-state index contributed by atoms with van der Waals surface area (Å²) in [6.45, 7) is 0. The lowest BCUT2D eigenvalue weighted by Gasteiger charge is -2.08. The molecule has 3 nitrogen and oxygen atoms in total. The number of imidazole rings is 1. The van der Waals surface area contributed by atoms with E-state index in [1.165, 1.54) is 12.1 Å². The minimum absolute atomic E-state index is 0.0255. The topological polar surface area (TPSA) is 43.8 Å². The molecule has 7 heteroatoms. The first-order valence-corrected chi connectivity index (χ1v) is 5.93. The average molecular weight is 298 g/mol. The minimum Gasteiger partial charge on any atom is -0.369 e. The summed E-state index contributed by atoms with van der Waals surface area (Å²) in [5, 5.41) is 0.263. The normalized spacial score (nSPS) is 11.2. The molecule has 102 valence electrons. The van der Waals surface area contributed by atoms with Crippen molar-refractivity contribution in [3.63, 3.8) is 0 Å². The van der Waals surface area contributed by atoms with Crippen molar-refractivity contribution in [2.75, 3.05) is 5.73 Å². The number of nitrogens with zero attached hydrogens (tertiary/aromatic N) is 2. The predicted octanol–water partition coefficient (Wildman–Crippen LogP) is 3.68. The Balaban J connectivity index is 2.42. The molecule has 2 N–H and O–H groups in total. The first-order valence-electron chi connectivity index (χ1n) is 5.56. The molecule has 0 saturated heterocycles. The van der Waals surface area contributed by atoms with Gasteiger partial charge in [-0.25, -0.2) is 18.2 Å². The zero-order valence-electron chi connectivity index (χ0n) is 9.87. The minimum atomic E-state index is -0.868. The second-order valence-corrected chi connectivity index (χ2v) is 4.59. The number of rotatable bonds is 1. The summed E-state index contributed by atoms with van der Waals surface area (Å²) in [5.41, 5.74) is 5.54. The Hall–Kier alpha value is -2.21. The van der Waals surface area contributed by atoms with Crippen LogP contribution in [0.5, 0.6) is 0 Å². The molecule has 0 atom stereocenters. The van der Waals surface area contributed by atoms with E-state index in [-0.39, 0.29) is 27.7 Å². The fourth-order valence-electron chi connectivity index (χ4n) is 2.03. The van der Waals surface area contributed by atoms with Crippen LogP contribution in [0.4, 0.5) is 19.1 Å². The van der Waals surface area contributed by atoms with Crippen LogP contribution in [0.2, 0.25) is 5.02 Å². The summed E-state index contributed by atoms with van der Waals surface area (Å²) in [6.07, 6.45) is 0. The van der Waals surface area contributed by atoms with Crippen molar-refractivity contribution in [1.82, 2.24) is 9.55 Å². The highest BCUT2D eigenvalue weighted by molar-refractivity contribution is 6.30. The zero-order valence-corrected chi connectivity index (χ0v) is 10.6. The van der Waals surface area contributed by atoms with E-state index in [0.29, 0.717) is 6.07 Å². The van der Waals surface area contributed by atoms with Gasteiger partial charge in [-0.3, -0.25) is 4.57 Å². The van der Waals surface area contributed by atoms with Crippen LogP contribution in [0.15, 0.2) is 30.3 Å². The number of halogens is 4. The summed E-state index contributed by atoms with van der Waals surface area (Å²) in [7, 11) is 0. The van der Waals surface area contributed by atoms with Gasteiger partial charge < -0.3 is 5.73 Å². The molecule has 0 unspecified atom stereocenters. The zero-order chi connectivity index (χ0) is 14.4. The van der Waals surface area contributed by atoms with E-state index in [1.807, 2.05) is 0 Å². The van der Waals surface area contributed by atoms with E-state index < -0.39 is 17.5 Å². The molecule has 0 bridgehead atoms. The van der Waals surface area contributed by atoms with Crippen LogP contribution in [0.25, 0.3) is 16.7 Å². The summed E-state index contributed by atoms with van der Waals surface area (Å²) < 4.78 is 42.0. The molecular formula is C13H7ClF3N3. The first-order chi connectivity index (χ1) is 9.47. The van der Waals surface area contributed by atoms with Crippen molar-refractivity contribution in [2.24, 2.45) is 0 Å². The van der Waals surface area contributed by atoms with Gasteiger partial charge in [-0.1, -0.05) is 11.6 Å². The molecule has 0 aliphatic rings. The molecule has 0 saturated carbocycles. The van der Waals surface area contributed by atoms with E-state index in [0.717, 1.165) is 16.7 Å². The monoisotopic (exact) mass is 297 g/mol. The van der Waals surface area contributed by atoms with Crippen LogP contribution in [-0.4, -0.2) is 9.55 Å². The maximum Gasteiger partial charge on any atom is 0.206 e. The number of hydrogen-bond acceptors (Lipinski definition) is 2. The van der Waals surface area contributed by atoms with Gasteiger partial charge in [0.15, 0.2) is 5.82 Å². The van der Waals surface area contributed by atoms with Crippen LogP contribution in [-0.2, 0) is 0 Å². The Morgan fingerprint density at radius 1 is 1.05 bits per heavy atom. The lowest BCUT2D eigenvalue weighted by molar-refractivity contribution is 0.590. The Morgan fingerprint density at radius 3 is 2.55 bits per heavy atom. The Morgan fingerprint density at radius 2 is 1.80 bits per heavy atom. The lowest BCUT2D eigenvalue weighted by atomic mass is 10.2. The van der Waals surface area contributed by atoms with Crippen molar-refractivity contribution in [1.29, 1.82) is 0 Å². The van der Waals surface area contributed by atoms with Crippen LogP contribution in [0, 0.1) is 17.5 Å². The number of benzene rings is 2. The largest absolute Gasteiger partial charge is 0.369 e. The third-order valence-corrected chi connectivity index (χ3v) is 3.09. The van der Waals surface area contributed by atoms with Crippen LogP contribution < -0.4 is 5.73 Å². The maximum atomic E-state index is 13.9. The van der Waals surface area contributed by atoms with Gasteiger partial charge >= 0.3 is 0 Å². The third-order valence-electron chi connectivity index (χ3n) is 2.85. The number of nitrogen functional groups attached to an aromatic ring is 1. The summed E-state index contributed by atoms with van der Waals surface area (Å²) >= 11 is 5.81. The molecule has 20 heavy (non-hydrogen) atoms. The van der Waals surface area contributed by atoms with Crippen molar-refractivity contribution in [3.05, 3.63) is 52.8 Å². The van der Waals surface area contributed by atoms with E-state index in [4.69, 9.17) is 17.3 Å². The Bertz CT molecular complexity index is 829. The molecular weight excluding hydrogens is 291 g/mol. The lowest BCUT2D eigenvalue weighted by Crippen LogP contribution is -2.03. The van der Waals surface area contributed by atoms with Gasteiger partial charge in [-0.15, -0.1) is 0 Å². The summed E-state index contributed by atoms with van der Waals surface area (Å²) in [6, 6.07) is 5.52. The van der Waals surface area contributed by atoms with E-state index in [2.05, 4.69) is 4.98 Å². The van der Waals surface area contributed by atoms with Crippen LogP contribution >= 0.6 is 11.6 Å². The van der Waals surface area contributed by atoms with Gasteiger partial charge in [0.1, 0.15) is 17.2 Å². The highest BCUT2D eigenvalue weighted by atomic mass is 35.5.